The zero-order valence-electron chi connectivity index (χ0n) is 14.4. The molecule has 0 bridgehead atoms. The minimum atomic E-state index is -0.373. The summed E-state index contributed by atoms with van der Waals surface area (Å²) in [6.45, 7) is 1.45. The lowest BCUT2D eigenvalue weighted by molar-refractivity contribution is -0.125. The van der Waals surface area contributed by atoms with Gasteiger partial charge in [-0.15, -0.1) is 0 Å². The molecule has 0 radical (unpaired) electrons. The van der Waals surface area contributed by atoms with Gasteiger partial charge in [-0.1, -0.05) is 12.1 Å². The summed E-state index contributed by atoms with van der Waals surface area (Å²) in [5.41, 5.74) is 5.71. The zero-order valence-corrected chi connectivity index (χ0v) is 15.2. The molecule has 1 heterocycles. The minimum absolute atomic E-state index is 0.0798. The summed E-state index contributed by atoms with van der Waals surface area (Å²) in [6, 6.07) is 7.10. The molecule has 0 saturated carbocycles. The number of ether oxygens (including phenoxy) is 1. The quantitative estimate of drug-likeness (QED) is 0.367. The number of nitrogens with one attached hydrogen (secondary N) is 3. The number of fused-ring (bicyclic) bond motifs is 1. The van der Waals surface area contributed by atoms with Crippen LogP contribution in [0.3, 0.4) is 0 Å². The molecule has 136 valence electrons. The fourth-order valence-electron chi connectivity index (χ4n) is 2.28. The number of thiocarbonyl (C=S) groups is 1. The van der Waals surface area contributed by atoms with Gasteiger partial charge >= 0.3 is 0 Å². The van der Waals surface area contributed by atoms with Gasteiger partial charge in [0, 0.05) is 6.54 Å². The monoisotopic (exact) mass is 365 g/mol. The topological polar surface area (TPSA) is 85.9 Å². The highest BCUT2D eigenvalue weighted by Crippen LogP contribution is 2.30. The maximum atomic E-state index is 12.1. The summed E-state index contributed by atoms with van der Waals surface area (Å²) >= 11 is 5.09. The summed E-state index contributed by atoms with van der Waals surface area (Å²) in [7, 11) is 4.00. The van der Waals surface area contributed by atoms with E-state index in [1.165, 1.54) is 4.90 Å². The predicted molar refractivity (Wildman–Crippen MR) is 99.3 cm³/mol. The number of carbonyl (C=O) groups is 2. The van der Waals surface area contributed by atoms with E-state index in [1.54, 1.807) is 18.2 Å². The molecule has 1 aromatic carbocycles. The van der Waals surface area contributed by atoms with Crippen LogP contribution < -0.4 is 25.8 Å². The van der Waals surface area contributed by atoms with Crippen molar-refractivity contribution < 1.29 is 14.3 Å². The fraction of sp³-hybridized carbons (Fsp3) is 0.438. The van der Waals surface area contributed by atoms with E-state index in [0.29, 0.717) is 23.1 Å². The number of amides is 2. The molecule has 2 amide bonds. The molecule has 0 aromatic heterocycles. The van der Waals surface area contributed by atoms with Crippen LogP contribution in [0.15, 0.2) is 24.3 Å². The van der Waals surface area contributed by atoms with Crippen LogP contribution >= 0.6 is 12.2 Å². The number of hydrazine groups is 1. The molecule has 0 unspecified atom stereocenters. The third-order valence-corrected chi connectivity index (χ3v) is 3.74. The number of hydrogen-bond donors (Lipinski definition) is 3. The molecule has 1 aromatic rings. The molecular formula is C16H23N5O3S. The van der Waals surface area contributed by atoms with Crippen molar-refractivity contribution >= 4 is 34.8 Å². The van der Waals surface area contributed by atoms with Gasteiger partial charge in [-0.2, -0.15) is 0 Å². The Hall–Kier alpha value is -2.39. The lowest BCUT2D eigenvalue weighted by Gasteiger charge is -2.28. The van der Waals surface area contributed by atoms with Crippen molar-refractivity contribution in [3.8, 4) is 5.75 Å². The molecule has 25 heavy (non-hydrogen) atoms. The van der Waals surface area contributed by atoms with E-state index in [2.05, 4.69) is 21.1 Å². The first-order valence-electron chi connectivity index (χ1n) is 7.97. The molecular weight excluding hydrogens is 342 g/mol. The van der Waals surface area contributed by atoms with Crippen molar-refractivity contribution in [2.75, 3.05) is 45.2 Å². The number of para-hydroxylation sites is 2. The molecule has 1 aliphatic heterocycles. The van der Waals surface area contributed by atoms with E-state index >= 15 is 0 Å². The number of nitrogens with zero attached hydrogens (tertiary/aromatic N) is 2. The van der Waals surface area contributed by atoms with Crippen LogP contribution in [0.25, 0.3) is 0 Å². The lowest BCUT2D eigenvalue weighted by Crippen LogP contribution is -2.52. The standard InChI is InChI=1S/C16H23N5O3S/c1-20(2)9-5-8-17-16(25)19-18-14(22)10-21-12-6-3-4-7-13(12)24-11-15(21)23/h3-4,6-7H,5,8-11H2,1-2H3,(H,18,22)(H2,17,19,25). The Morgan fingerprint density at radius 1 is 1.32 bits per heavy atom. The normalized spacial score (nSPS) is 13.1. The van der Waals surface area contributed by atoms with Gasteiger partial charge in [-0.3, -0.25) is 25.3 Å². The average molecular weight is 365 g/mol. The van der Waals surface area contributed by atoms with Crippen molar-refractivity contribution in [3.63, 3.8) is 0 Å². The SMILES string of the molecule is CN(C)CCCNC(=S)NNC(=O)CN1C(=O)COc2ccccc21. The van der Waals surface area contributed by atoms with Crippen LogP contribution in [-0.2, 0) is 9.59 Å². The molecule has 0 fully saturated rings. The Morgan fingerprint density at radius 2 is 2.08 bits per heavy atom. The Balaban J connectivity index is 1.77. The smallest absolute Gasteiger partial charge is 0.265 e. The van der Waals surface area contributed by atoms with E-state index in [-0.39, 0.29) is 25.0 Å². The minimum Gasteiger partial charge on any atom is -0.482 e. The van der Waals surface area contributed by atoms with Gasteiger partial charge < -0.3 is 15.0 Å². The number of hydrogen-bond acceptors (Lipinski definition) is 5. The van der Waals surface area contributed by atoms with Crippen LogP contribution in [0, 0.1) is 0 Å². The first kappa shape index (κ1) is 18.9. The highest BCUT2D eigenvalue weighted by atomic mass is 32.1. The lowest BCUT2D eigenvalue weighted by atomic mass is 10.2. The van der Waals surface area contributed by atoms with Gasteiger partial charge in [0.2, 0.25) is 0 Å². The van der Waals surface area contributed by atoms with Gasteiger partial charge in [0.25, 0.3) is 11.8 Å². The van der Waals surface area contributed by atoms with Gasteiger partial charge in [0.05, 0.1) is 5.69 Å². The molecule has 0 atom stereocenters. The molecule has 0 spiro atoms. The van der Waals surface area contributed by atoms with Crippen LogP contribution in [0.2, 0.25) is 0 Å². The summed E-state index contributed by atoms with van der Waals surface area (Å²) < 4.78 is 5.34. The van der Waals surface area contributed by atoms with E-state index in [9.17, 15) is 9.59 Å². The van der Waals surface area contributed by atoms with Crippen molar-refractivity contribution in [1.29, 1.82) is 0 Å². The van der Waals surface area contributed by atoms with E-state index in [0.717, 1.165) is 13.0 Å². The Bertz CT molecular complexity index is 638. The summed E-state index contributed by atoms with van der Waals surface area (Å²) in [5.74, 6) is -0.0540. The number of anilines is 1. The van der Waals surface area contributed by atoms with Crippen LogP contribution in [-0.4, -0.2) is 62.2 Å². The van der Waals surface area contributed by atoms with Crippen LogP contribution in [0.1, 0.15) is 6.42 Å². The van der Waals surface area contributed by atoms with E-state index < -0.39 is 0 Å². The van der Waals surface area contributed by atoms with Gasteiger partial charge in [0.15, 0.2) is 11.7 Å². The average Bonchev–Trinajstić information content (AvgIpc) is 2.59. The Labute approximate surface area is 152 Å². The largest absolute Gasteiger partial charge is 0.482 e. The molecule has 2 rings (SSSR count). The second-order valence-electron chi connectivity index (χ2n) is 5.82. The summed E-state index contributed by atoms with van der Waals surface area (Å²) in [6.07, 6.45) is 0.932. The first-order chi connectivity index (χ1) is 12.0. The van der Waals surface area contributed by atoms with Crippen LogP contribution in [0.5, 0.6) is 5.75 Å². The van der Waals surface area contributed by atoms with E-state index in [1.807, 2.05) is 20.2 Å². The predicted octanol–water partition coefficient (Wildman–Crippen LogP) is -0.141. The van der Waals surface area contributed by atoms with Crippen molar-refractivity contribution in [1.82, 2.24) is 21.1 Å². The zero-order chi connectivity index (χ0) is 18.2. The molecule has 9 heteroatoms. The highest BCUT2D eigenvalue weighted by molar-refractivity contribution is 7.80. The first-order valence-corrected chi connectivity index (χ1v) is 8.38. The fourth-order valence-corrected chi connectivity index (χ4v) is 2.43. The maximum Gasteiger partial charge on any atom is 0.265 e. The molecule has 0 aliphatic carbocycles. The van der Waals surface area contributed by atoms with Crippen molar-refractivity contribution in [2.45, 2.75) is 6.42 Å². The molecule has 8 nitrogen and oxygen atoms in total. The second-order valence-corrected chi connectivity index (χ2v) is 6.23. The summed E-state index contributed by atoms with van der Waals surface area (Å²) in [4.78, 5) is 27.6. The second kappa shape index (κ2) is 9.19. The third-order valence-electron chi connectivity index (χ3n) is 3.49. The van der Waals surface area contributed by atoms with Gasteiger partial charge in [0.1, 0.15) is 12.3 Å². The Kier molecular flexibility index (Phi) is 6.96. The molecule has 3 N–H and O–H groups in total. The third kappa shape index (κ3) is 5.87. The highest BCUT2D eigenvalue weighted by Gasteiger charge is 2.26. The maximum absolute atomic E-state index is 12.1. The molecule has 1 aliphatic rings. The van der Waals surface area contributed by atoms with Crippen molar-refractivity contribution in [2.24, 2.45) is 0 Å². The van der Waals surface area contributed by atoms with Gasteiger partial charge in [-0.05, 0) is 51.4 Å². The number of benzene rings is 1. The molecule has 0 saturated heterocycles. The van der Waals surface area contributed by atoms with Crippen molar-refractivity contribution in [3.05, 3.63) is 24.3 Å². The van der Waals surface area contributed by atoms with Crippen LogP contribution in [0.4, 0.5) is 5.69 Å². The number of rotatable bonds is 6. The van der Waals surface area contributed by atoms with E-state index in [4.69, 9.17) is 17.0 Å². The van der Waals surface area contributed by atoms with Gasteiger partial charge in [-0.25, -0.2) is 0 Å². The number of carbonyl (C=O) groups excluding carboxylic acids is 2. The summed E-state index contributed by atoms with van der Waals surface area (Å²) in [5, 5.41) is 3.33. The Morgan fingerprint density at radius 3 is 2.84 bits per heavy atom.